The number of rotatable bonds is 5. The molecule has 22 heavy (non-hydrogen) atoms. The molecule has 0 saturated carbocycles. The van der Waals surface area contributed by atoms with Gasteiger partial charge in [-0.05, 0) is 44.3 Å². The Hall–Kier alpha value is -1.73. The summed E-state index contributed by atoms with van der Waals surface area (Å²) in [6, 6.07) is 4.54. The molecular formula is C15H21N5OS. The van der Waals surface area contributed by atoms with Crippen LogP contribution >= 0.6 is 11.3 Å². The molecular weight excluding hydrogens is 298 g/mol. The lowest BCUT2D eigenvalue weighted by Gasteiger charge is -2.22. The minimum Gasteiger partial charge on any atom is -0.348 e. The normalized spacial score (nSPS) is 17.3. The SMILES string of the molecule is CC(Cc1cccs1)NC(=O)c1cn(C2CCNCC2)nn1. The van der Waals surface area contributed by atoms with E-state index in [-0.39, 0.29) is 11.9 Å². The summed E-state index contributed by atoms with van der Waals surface area (Å²) in [5, 5.41) is 16.5. The summed E-state index contributed by atoms with van der Waals surface area (Å²) < 4.78 is 1.83. The van der Waals surface area contributed by atoms with Crippen LogP contribution in [0.1, 0.15) is 41.2 Å². The van der Waals surface area contributed by atoms with Crippen LogP contribution in [0.2, 0.25) is 0 Å². The minimum atomic E-state index is -0.149. The molecule has 1 aliphatic rings. The van der Waals surface area contributed by atoms with Crippen LogP contribution in [0.25, 0.3) is 0 Å². The van der Waals surface area contributed by atoms with Crippen molar-refractivity contribution in [1.29, 1.82) is 0 Å². The summed E-state index contributed by atoms with van der Waals surface area (Å²) in [5.41, 5.74) is 0.400. The van der Waals surface area contributed by atoms with Crippen LogP contribution in [0.3, 0.4) is 0 Å². The lowest BCUT2D eigenvalue weighted by atomic mass is 10.1. The fourth-order valence-corrected chi connectivity index (χ4v) is 3.55. The number of piperidine rings is 1. The fourth-order valence-electron chi connectivity index (χ4n) is 2.71. The van der Waals surface area contributed by atoms with Crippen LogP contribution in [0, 0.1) is 0 Å². The minimum absolute atomic E-state index is 0.0789. The summed E-state index contributed by atoms with van der Waals surface area (Å²) in [4.78, 5) is 13.5. The lowest BCUT2D eigenvalue weighted by molar-refractivity contribution is 0.0935. The first-order valence-electron chi connectivity index (χ1n) is 7.68. The molecule has 1 fully saturated rings. The Morgan fingerprint density at radius 3 is 3.09 bits per heavy atom. The van der Waals surface area contributed by atoms with Crippen molar-refractivity contribution in [2.24, 2.45) is 0 Å². The van der Waals surface area contributed by atoms with E-state index in [2.05, 4.69) is 32.4 Å². The molecule has 3 heterocycles. The van der Waals surface area contributed by atoms with E-state index in [1.165, 1.54) is 4.88 Å². The van der Waals surface area contributed by atoms with Gasteiger partial charge in [0.25, 0.3) is 5.91 Å². The van der Waals surface area contributed by atoms with Crippen molar-refractivity contribution in [2.45, 2.75) is 38.3 Å². The van der Waals surface area contributed by atoms with Gasteiger partial charge in [-0.15, -0.1) is 16.4 Å². The number of thiophene rings is 1. The van der Waals surface area contributed by atoms with E-state index in [0.717, 1.165) is 32.4 Å². The third-order valence-corrected chi connectivity index (χ3v) is 4.79. The van der Waals surface area contributed by atoms with Crippen molar-refractivity contribution in [3.8, 4) is 0 Å². The highest BCUT2D eigenvalue weighted by molar-refractivity contribution is 7.09. The standard InChI is InChI=1S/C15H21N5OS/c1-11(9-13-3-2-8-22-13)17-15(21)14-10-20(19-18-14)12-4-6-16-7-5-12/h2-3,8,10-12,16H,4-7,9H2,1H3,(H,17,21). The van der Waals surface area contributed by atoms with Gasteiger partial charge < -0.3 is 10.6 Å². The first kappa shape index (κ1) is 15.2. The molecule has 1 aliphatic heterocycles. The van der Waals surface area contributed by atoms with Gasteiger partial charge in [-0.25, -0.2) is 4.68 Å². The lowest BCUT2D eigenvalue weighted by Crippen LogP contribution is -2.34. The molecule has 6 nitrogen and oxygen atoms in total. The van der Waals surface area contributed by atoms with E-state index in [0.29, 0.717) is 11.7 Å². The molecule has 0 aromatic carbocycles. The van der Waals surface area contributed by atoms with E-state index in [1.54, 1.807) is 17.5 Å². The number of carbonyl (C=O) groups excluding carboxylic acids is 1. The number of nitrogens with zero attached hydrogens (tertiary/aromatic N) is 3. The van der Waals surface area contributed by atoms with E-state index in [4.69, 9.17) is 0 Å². The second kappa shape index (κ2) is 7.02. The van der Waals surface area contributed by atoms with E-state index >= 15 is 0 Å². The molecule has 2 aromatic heterocycles. The Bertz CT molecular complexity index is 603. The number of hydrogen-bond donors (Lipinski definition) is 2. The number of amides is 1. The average Bonchev–Trinajstić information content (AvgIpc) is 3.19. The van der Waals surface area contributed by atoms with Gasteiger partial charge in [0.2, 0.25) is 0 Å². The molecule has 0 spiro atoms. The molecule has 1 saturated heterocycles. The second-order valence-corrected chi connectivity index (χ2v) is 6.76. The van der Waals surface area contributed by atoms with Crippen LogP contribution in [0.5, 0.6) is 0 Å². The predicted molar refractivity (Wildman–Crippen MR) is 86.1 cm³/mol. The first-order valence-corrected chi connectivity index (χ1v) is 8.56. The molecule has 3 rings (SSSR count). The molecule has 7 heteroatoms. The Morgan fingerprint density at radius 1 is 1.55 bits per heavy atom. The third-order valence-electron chi connectivity index (χ3n) is 3.89. The Labute approximate surface area is 133 Å². The zero-order valence-corrected chi connectivity index (χ0v) is 13.5. The van der Waals surface area contributed by atoms with Gasteiger partial charge >= 0.3 is 0 Å². The van der Waals surface area contributed by atoms with Gasteiger partial charge in [0, 0.05) is 17.3 Å². The highest BCUT2D eigenvalue weighted by atomic mass is 32.1. The zero-order chi connectivity index (χ0) is 15.4. The molecule has 0 bridgehead atoms. The number of carbonyl (C=O) groups is 1. The monoisotopic (exact) mass is 319 g/mol. The van der Waals surface area contributed by atoms with Crippen molar-refractivity contribution >= 4 is 17.2 Å². The molecule has 1 atom stereocenters. The Morgan fingerprint density at radius 2 is 2.36 bits per heavy atom. The Kier molecular flexibility index (Phi) is 4.84. The molecule has 118 valence electrons. The van der Waals surface area contributed by atoms with Gasteiger partial charge in [0.1, 0.15) is 0 Å². The molecule has 2 N–H and O–H groups in total. The van der Waals surface area contributed by atoms with Crippen LogP contribution in [0.4, 0.5) is 0 Å². The quantitative estimate of drug-likeness (QED) is 0.878. The van der Waals surface area contributed by atoms with Gasteiger partial charge in [0.15, 0.2) is 5.69 Å². The van der Waals surface area contributed by atoms with Crippen molar-refractivity contribution in [3.05, 3.63) is 34.3 Å². The molecule has 1 unspecified atom stereocenters. The smallest absolute Gasteiger partial charge is 0.273 e. The van der Waals surface area contributed by atoms with Crippen molar-refractivity contribution in [1.82, 2.24) is 25.6 Å². The van der Waals surface area contributed by atoms with Crippen LogP contribution in [-0.4, -0.2) is 40.0 Å². The van der Waals surface area contributed by atoms with Gasteiger partial charge in [0.05, 0.1) is 12.2 Å². The highest BCUT2D eigenvalue weighted by Crippen LogP contribution is 2.17. The second-order valence-electron chi connectivity index (χ2n) is 5.72. The topological polar surface area (TPSA) is 71.8 Å². The largest absolute Gasteiger partial charge is 0.348 e. The Balaban J connectivity index is 1.56. The summed E-state index contributed by atoms with van der Waals surface area (Å²) in [6.07, 6.45) is 4.66. The van der Waals surface area contributed by atoms with Gasteiger partial charge in [-0.1, -0.05) is 11.3 Å². The third kappa shape index (κ3) is 3.72. The van der Waals surface area contributed by atoms with E-state index in [1.807, 2.05) is 17.7 Å². The van der Waals surface area contributed by atoms with Gasteiger partial charge in [-0.3, -0.25) is 4.79 Å². The maximum Gasteiger partial charge on any atom is 0.273 e. The number of hydrogen-bond acceptors (Lipinski definition) is 5. The summed E-state index contributed by atoms with van der Waals surface area (Å²) in [7, 11) is 0. The van der Waals surface area contributed by atoms with Crippen LogP contribution in [0.15, 0.2) is 23.7 Å². The highest BCUT2D eigenvalue weighted by Gasteiger charge is 2.19. The number of nitrogens with one attached hydrogen (secondary N) is 2. The maximum atomic E-state index is 12.2. The zero-order valence-electron chi connectivity index (χ0n) is 12.7. The summed E-state index contributed by atoms with van der Waals surface area (Å²) >= 11 is 1.71. The summed E-state index contributed by atoms with van der Waals surface area (Å²) in [5.74, 6) is -0.149. The molecule has 1 amide bonds. The van der Waals surface area contributed by atoms with E-state index < -0.39 is 0 Å². The average molecular weight is 319 g/mol. The van der Waals surface area contributed by atoms with Crippen LogP contribution in [-0.2, 0) is 6.42 Å². The van der Waals surface area contributed by atoms with Crippen molar-refractivity contribution < 1.29 is 4.79 Å². The van der Waals surface area contributed by atoms with Gasteiger partial charge in [-0.2, -0.15) is 0 Å². The summed E-state index contributed by atoms with van der Waals surface area (Å²) in [6.45, 7) is 3.99. The first-order chi connectivity index (χ1) is 10.7. The maximum absolute atomic E-state index is 12.2. The molecule has 0 aliphatic carbocycles. The fraction of sp³-hybridized carbons (Fsp3) is 0.533. The molecule has 0 radical (unpaired) electrons. The number of aromatic nitrogens is 3. The molecule has 2 aromatic rings. The predicted octanol–water partition coefficient (Wildman–Crippen LogP) is 1.63. The van der Waals surface area contributed by atoms with E-state index in [9.17, 15) is 4.79 Å². The van der Waals surface area contributed by atoms with Crippen LogP contribution < -0.4 is 10.6 Å². The van der Waals surface area contributed by atoms with Crippen molar-refractivity contribution in [3.63, 3.8) is 0 Å². The van der Waals surface area contributed by atoms with Crippen molar-refractivity contribution in [2.75, 3.05) is 13.1 Å².